The van der Waals surface area contributed by atoms with Gasteiger partial charge in [-0.1, -0.05) is 0 Å². The van der Waals surface area contributed by atoms with Crippen molar-refractivity contribution in [3.63, 3.8) is 0 Å². The van der Waals surface area contributed by atoms with E-state index in [1.807, 2.05) is 34.2 Å². The van der Waals surface area contributed by atoms with Gasteiger partial charge in [-0.25, -0.2) is 4.39 Å². The van der Waals surface area contributed by atoms with Crippen LogP contribution in [0.2, 0.25) is 0 Å². The number of anilines is 2. The summed E-state index contributed by atoms with van der Waals surface area (Å²) < 4.78 is 15.8. The zero-order valence-electron chi connectivity index (χ0n) is 9.82. The third kappa shape index (κ3) is 2.89. The molecule has 0 spiro atoms. The van der Waals surface area contributed by atoms with Crippen LogP contribution < -0.4 is 11.1 Å². The first-order valence-electron chi connectivity index (χ1n) is 5.39. The molecule has 0 amide bonds. The van der Waals surface area contributed by atoms with E-state index in [0.29, 0.717) is 27.9 Å². The van der Waals surface area contributed by atoms with Crippen LogP contribution in [0.5, 0.6) is 0 Å². The number of nitrogens with one attached hydrogen (secondary N) is 1. The first kappa shape index (κ1) is 13.1. The third-order valence-electron chi connectivity index (χ3n) is 2.56. The Labute approximate surface area is 118 Å². The molecule has 1 aromatic carbocycles. The maximum absolute atomic E-state index is 13.4. The Morgan fingerprint density at radius 3 is 2.94 bits per heavy atom. The number of rotatable bonds is 4. The highest BCUT2D eigenvalue weighted by Crippen LogP contribution is 2.23. The highest BCUT2D eigenvalue weighted by Gasteiger charge is 2.06. The molecule has 7 heteroatoms. The summed E-state index contributed by atoms with van der Waals surface area (Å²) in [5.74, 6) is 0.595. The molecule has 96 valence electrons. The molecule has 18 heavy (non-hydrogen) atoms. The number of halogens is 2. The van der Waals surface area contributed by atoms with Crippen LogP contribution in [0, 0.1) is 9.39 Å². The molecule has 0 aliphatic carbocycles. The van der Waals surface area contributed by atoms with Gasteiger partial charge < -0.3 is 15.6 Å². The lowest BCUT2D eigenvalue weighted by molar-refractivity contribution is 0.621. The van der Waals surface area contributed by atoms with Gasteiger partial charge in [-0.2, -0.15) is 0 Å². The Bertz CT molecular complexity index is 554. The second kappa shape index (κ2) is 5.51. The summed E-state index contributed by atoms with van der Waals surface area (Å²) >= 11 is 1.91. The van der Waals surface area contributed by atoms with Crippen LogP contribution in [-0.2, 0) is 13.5 Å². The topological polar surface area (TPSA) is 68.8 Å². The van der Waals surface area contributed by atoms with Crippen LogP contribution in [-0.4, -0.2) is 21.3 Å². The van der Waals surface area contributed by atoms with Gasteiger partial charge in [-0.15, -0.1) is 10.2 Å². The van der Waals surface area contributed by atoms with E-state index in [1.54, 1.807) is 12.4 Å². The van der Waals surface area contributed by atoms with E-state index in [1.165, 1.54) is 6.07 Å². The Hall–Kier alpha value is -1.38. The summed E-state index contributed by atoms with van der Waals surface area (Å²) in [6, 6.07) is 3.02. The summed E-state index contributed by atoms with van der Waals surface area (Å²) in [5.41, 5.74) is 6.96. The van der Waals surface area contributed by atoms with Crippen molar-refractivity contribution in [1.29, 1.82) is 0 Å². The highest BCUT2D eigenvalue weighted by molar-refractivity contribution is 14.1. The fourth-order valence-electron chi connectivity index (χ4n) is 1.56. The van der Waals surface area contributed by atoms with Crippen molar-refractivity contribution in [1.82, 2.24) is 14.8 Å². The molecule has 0 radical (unpaired) electrons. The van der Waals surface area contributed by atoms with Crippen LogP contribution >= 0.6 is 22.6 Å². The molecule has 1 aromatic heterocycles. The number of nitrogen functional groups attached to an aromatic ring is 1. The summed E-state index contributed by atoms with van der Waals surface area (Å²) in [6.07, 6.45) is 2.35. The van der Waals surface area contributed by atoms with E-state index < -0.39 is 0 Å². The molecule has 0 bridgehead atoms. The molecule has 0 saturated heterocycles. The molecule has 3 N–H and O–H groups in total. The van der Waals surface area contributed by atoms with Gasteiger partial charge in [0.2, 0.25) is 0 Å². The Morgan fingerprint density at radius 1 is 1.50 bits per heavy atom. The molecule has 2 aromatic rings. The predicted octanol–water partition coefficient (Wildman–Crippen LogP) is 1.80. The van der Waals surface area contributed by atoms with Crippen LogP contribution in [0.4, 0.5) is 15.8 Å². The van der Waals surface area contributed by atoms with E-state index in [9.17, 15) is 4.39 Å². The first-order valence-corrected chi connectivity index (χ1v) is 6.47. The van der Waals surface area contributed by atoms with Gasteiger partial charge in [-0.05, 0) is 28.7 Å². The molecule has 0 unspecified atom stereocenters. The lowest BCUT2D eigenvalue weighted by atomic mass is 10.2. The molecular formula is C11H13FIN5. The van der Waals surface area contributed by atoms with Gasteiger partial charge in [0.15, 0.2) is 0 Å². The van der Waals surface area contributed by atoms with Crippen LogP contribution in [0.3, 0.4) is 0 Å². The zero-order valence-corrected chi connectivity index (χ0v) is 12.0. The van der Waals surface area contributed by atoms with Crippen LogP contribution in [0.25, 0.3) is 0 Å². The SMILES string of the molecule is Cn1cnnc1CCNc1cc(F)c(I)cc1N. The van der Waals surface area contributed by atoms with Gasteiger partial charge in [0.05, 0.1) is 14.9 Å². The fourth-order valence-corrected chi connectivity index (χ4v) is 2.05. The smallest absolute Gasteiger partial charge is 0.138 e. The average molecular weight is 361 g/mol. The van der Waals surface area contributed by atoms with Crippen molar-refractivity contribution in [2.45, 2.75) is 6.42 Å². The molecule has 0 aliphatic rings. The summed E-state index contributed by atoms with van der Waals surface area (Å²) in [7, 11) is 1.88. The van der Waals surface area contributed by atoms with Crippen LogP contribution in [0.15, 0.2) is 18.5 Å². The van der Waals surface area contributed by atoms with Gasteiger partial charge in [0.25, 0.3) is 0 Å². The Kier molecular flexibility index (Phi) is 4.00. The maximum Gasteiger partial charge on any atom is 0.138 e. The van der Waals surface area contributed by atoms with Crippen molar-refractivity contribution < 1.29 is 4.39 Å². The number of hydrogen-bond acceptors (Lipinski definition) is 4. The van der Waals surface area contributed by atoms with Gasteiger partial charge in [0, 0.05) is 26.1 Å². The molecule has 0 saturated carbocycles. The number of nitrogens with zero attached hydrogens (tertiary/aromatic N) is 3. The second-order valence-electron chi connectivity index (χ2n) is 3.89. The minimum atomic E-state index is -0.272. The summed E-state index contributed by atoms with van der Waals surface area (Å²) in [6.45, 7) is 0.622. The van der Waals surface area contributed by atoms with Crippen LogP contribution in [0.1, 0.15) is 5.82 Å². The highest BCUT2D eigenvalue weighted by atomic mass is 127. The fraction of sp³-hybridized carbons (Fsp3) is 0.273. The number of hydrogen-bond donors (Lipinski definition) is 2. The van der Waals surface area contributed by atoms with Gasteiger partial charge in [-0.3, -0.25) is 0 Å². The predicted molar refractivity (Wildman–Crippen MR) is 76.7 cm³/mol. The molecule has 0 aliphatic heterocycles. The monoisotopic (exact) mass is 361 g/mol. The lowest BCUT2D eigenvalue weighted by Gasteiger charge is -2.10. The number of nitrogens with two attached hydrogens (primary N) is 1. The van der Waals surface area contributed by atoms with E-state index in [0.717, 1.165) is 5.82 Å². The summed E-state index contributed by atoms with van der Waals surface area (Å²) in [5, 5.41) is 10.9. The zero-order chi connectivity index (χ0) is 13.1. The summed E-state index contributed by atoms with van der Waals surface area (Å²) in [4.78, 5) is 0. The number of aryl methyl sites for hydroxylation is 1. The lowest BCUT2D eigenvalue weighted by Crippen LogP contribution is -2.10. The minimum absolute atomic E-state index is 0.272. The van der Waals surface area contributed by atoms with Crippen molar-refractivity contribution in [3.8, 4) is 0 Å². The molecule has 2 rings (SSSR count). The standard InChI is InChI=1S/C11H13FIN5/c1-18-6-16-17-11(18)2-3-15-10-4-7(12)8(13)5-9(10)14/h4-6,15H,2-3,14H2,1H3. The maximum atomic E-state index is 13.4. The van der Waals surface area contributed by atoms with E-state index in [4.69, 9.17) is 5.73 Å². The number of benzene rings is 1. The molecule has 1 heterocycles. The van der Waals surface area contributed by atoms with Crippen molar-refractivity contribution >= 4 is 34.0 Å². The van der Waals surface area contributed by atoms with E-state index in [-0.39, 0.29) is 5.82 Å². The minimum Gasteiger partial charge on any atom is -0.397 e. The van der Waals surface area contributed by atoms with E-state index >= 15 is 0 Å². The number of aromatic nitrogens is 3. The Balaban J connectivity index is 1.99. The van der Waals surface area contributed by atoms with E-state index in [2.05, 4.69) is 15.5 Å². The normalized spacial score (nSPS) is 10.6. The third-order valence-corrected chi connectivity index (χ3v) is 3.39. The average Bonchev–Trinajstić information content (AvgIpc) is 2.72. The molecular weight excluding hydrogens is 348 g/mol. The largest absolute Gasteiger partial charge is 0.397 e. The Morgan fingerprint density at radius 2 is 2.28 bits per heavy atom. The quantitative estimate of drug-likeness (QED) is 0.644. The molecule has 0 atom stereocenters. The first-order chi connectivity index (χ1) is 8.58. The van der Waals surface area contributed by atoms with Gasteiger partial charge >= 0.3 is 0 Å². The van der Waals surface area contributed by atoms with Crippen molar-refractivity contribution in [2.75, 3.05) is 17.6 Å². The molecule has 5 nitrogen and oxygen atoms in total. The van der Waals surface area contributed by atoms with Crippen molar-refractivity contribution in [3.05, 3.63) is 33.7 Å². The molecule has 0 fully saturated rings. The second-order valence-corrected chi connectivity index (χ2v) is 5.05. The van der Waals surface area contributed by atoms with Crippen molar-refractivity contribution in [2.24, 2.45) is 7.05 Å². The van der Waals surface area contributed by atoms with Gasteiger partial charge in [0.1, 0.15) is 18.0 Å².